The zero-order chi connectivity index (χ0) is 17.1. The lowest BCUT2D eigenvalue weighted by Crippen LogP contribution is -2.47. The molecular weight excluding hydrogens is 302 g/mol. The molecule has 2 aliphatic heterocycles. The van der Waals surface area contributed by atoms with E-state index in [9.17, 15) is 4.79 Å². The van der Waals surface area contributed by atoms with Crippen molar-refractivity contribution < 1.29 is 4.79 Å². The first-order valence-electron chi connectivity index (χ1n) is 9.25. The molecule has 6 heteroatoms. The molecule has 1 aromatic rings. The SMILES string of the molecule is CC1CCN(C(C)CNC(=O)[C@H]2CNC[C@@H]2c2cnn(C)c2)CC1. The van der Waals surface area contributed by atoms with Crippen molar-refractivity contribution in [2.24, 2.45) is 18.9 Å². The third-order valence-corrected chi connectivity index (χ3v) is 5.72. The highest BCUT2D eigenvalue weighted by molar-refractivity contribution is 5.80. The molecule has 6 nitrogen and oxygen atoms in total. The first kappa shape index (κ1) is 17.4. The lowest BCUT2D eigenvalue weighted by atomic mass is 9.90. The molecule has 2 N–H and O–H groups in total. The smallest absolute Gasteiger partial charge is 0.225 e. The zero-order valence-electron chi connectivity index (χ0n) is 15.2. The molecule has 3 rings (SSSR count). The minimum absolute atomic E-state index is 0.00257. The van der Waals surface area contributed by atoms with E-state index >= 15 is 0 Å². The van der Waals surface area contributed by atoms with Crippen molar-refractivity contribution in [2.75, 3.05) is 32.7 Å². The molecule has 2 saturated heterocycles. The van der Waals surface area contributed by atoms with Gasteiger partial charge in [-0.05, 0) is 44.3 Å². The van der Waals surface area contributed by atoms with Crippen LogP contribution in [0.25, 0.3) is 0 Å². The lowest BCUT2D eigenvalue weighted by molar-refractivity contribution is -0.125. The Morgan fingerprint density at radius 2 is 2.17 bits per heavy atom. The Bertz CT molecular complexity index is 549. The fourth-order valence-electron chi connectivity index (χ4n) is 3.91. The molecule has 0 bridgehead atoms. The molecule has 2 aliphatic rings. The van der Waals surface area contributed by atoms with Gasteiger partial charge in [0.15, 0.2) is 0 Å². The van der Waals surface area contributed by atoms with Gasteiger partial charge in [-0.2, -0.15) is 5.10 Å². The Kier molecular flexibility index (Phi) is 5.56. The van der Waals surface area contributed by atoms with Crippen LogP contribution in [0.3, 0.4) is 0 Å². The van der Waals surface area contributed by atoms with Gasteiger partial charge in [0, 0.05) is 44.8 Å². The number of aryl methyl sites for hydroxylation is 1. The first-order valence-corrected chi connectivity index (χ1v) is 9.25. The van der Waals surface area contributed by atoms with E-state index in [0.29, 0.717) is 6.04 Å². The van der Waals surface area contributed by atoms with Crippen LogP contribution in [0.5, 0.6) is 0 Å². The number of hydrogen-bond acceptors (Lipinski definition) is 4. The zero-order valence-corrected chi connectivity index (χ0v) is 15.2. The van der Waals surface area contributed by atoms with Gasteiger partial charge >= 0.3 is 0 Å². The van der Waals surface area contributed by atoms with Crippen LogP contribution in [0, 0.1) is 11.8 Å². The van der Waals surface area contributed by atoms with Gasteiger partial charge in [-0.1, -0.05) is 6.92 Å². The number of rotatable bonds is 5. The lowest BCUT2D eigenvalue weighted by Gasteiger charge is -2.35. The quantitative estimate of drug-likeness (QED) is 0.843. The first-order chi connectivity index (χ1) is 11.5. The predicted molar refractivity (Wildman–Crippen MR) is 94.8 cm³/mol. The molecule has 1 amide bonds. The van der Waals surface area contributed by atoms with Crippen molar-refractivity contribution in [3.8, 4) is 0 Å². The molecule has 0 aliphatic carbocycles. The summed E-state index contributed by atoms with van der Waals surface area (Å²) in [4.78, 5) is 15.2. The van der Waals surface area contributed by atoms with Gasteiger partial charge in [-0.3, -0.25) is 14.4 Å². The maximum Gasteiger partial charge on any atom is 0.225 e. The second kappa shape index (κ2) is 7.66. The number of piperidine rings is 1. The summed E-state index contributed by atoms with van der Waals surface area (Å²) >= 11 is 0. The normalized spacial score (nSPS) is 27.3. The largest absolute Gasteiger partial charge is 0.354 e. The summed E-state index contributed by atoms with van der Waals surface area (Å²) in [6.07, 6.45) is 6.45. The molecule has 0 aromatic carbocycles. The van der Waals surface area contributed by atoms with Gasteiger partial charge in [0.05, 0.1) is 12.1 Å². The van der Waals surface area contributed by atoms with Crippen molar-refractivity contribution in [2.45, 2.75) is 38.6 Å². The van der Waals surface area contributed by atoms with Gasteiger partial charge in [0.1, 0.15) is 0 Å². The Morgan fingerprint density at radius 1 is 1.42 bits per heavy atom. The van der Waals surface area contributed by atoms with Crippen molar-refractivity contribution in [3.63, 3.8) is 0 Å². The molecule has 1 aromatic heterocycles. The predicted octanol–water partition coefficient (Wildman–Crippen LogP) is 0.960. The number of carbonyl (C=O) groups is 1. The minimum atomic E-state index is 0.00257. The minimum Gasteiger partial charge on any atom is -0.354 e. The summed E-state index contributed by atoms with van der Waals surface area (Å²) in [7, 11) is 1.92. The summed E-state index contributed by atoms with van der Waals surface area (Å²) < 4.78 is 1.81. The van der Waals surface area contributed by atoms with E-state index in [1.807, 2.05) is 24.1 Å². The van der Waals surface area contributed by atoms with Crippen molar-refractivity contribution in [1.82, 2.24) is 25.3 Å². The molecule has 0 saturated carbocycles. The van der Waals surface area contributed by atoms with E-state index in [1.54, 1.807) is 0 Å². The van der Waals surface area contributed by atoms with Gasteiger partial charge in [0.2, 0.25) is 5.91 Å². The van der Waals surface area contributed by atoms with E-state index in [0.717, 1.165) is 44.2 Å². The Balaban J connectivity index is 1.51. The summed E-state index contributed by atoms with van der Waals surface area (Å²) in [6.45, 7) is 9.20. The van der Waals surface area contributed by atoms with E-state index in [2.05, 4.69) is 34.5 Å². The number of likely N-dealkylation sites (tertiary alicyclic amines) is 1. The van der Waals surface area contributed by atoms with Crippen LogP contribution in [0.4, 0.5) is 0 Å². The molecular formula is C18H31N5O. The standard InChI is InChI=1S/C18H31N5O/c1-13-4-6-23(7-5-13)14(2)8-20-18(24)17-11-19-10-16(17)15-9-21-22(3)12-15/h9,12-14,16-17,19H,4-8,10-11H2,1-3H3,(H,20,24)/t14?,16-,17+/m1/s1. The number of nitrogens with zero attached hydrogens (tertiary/aromatic N) is 3. The maximum absolute atomic E-state index is 12.7. The van der Waals surface area contributed by atoms with Crippen molar-refractivity contribution >= 4 is 5.91 Å². The van der Waals surface area contributed by atoms with E-state index in [-0.39, 0.29) is 17.7 Å². The van der Waals surface area contributed by atoms with Gasteiger partial charge < -0.3 is 10.6 Å². The van der Waals surface area contributed by atoms with Gasteiger partial charge in [-0.25, -0.2) is 0 Å². The molecule has 2 fully saturated rings. The van der Waals surface area contributed by atoms with Gasteiger partial charge in [0.25, 0.3) is 0 Å². The number of aromatic nitrogens is 2. The summed E-state index contributed by atoms with van der Waals surface area (Å²) in [6, 6.07) is 0.410. The van der Waals surface area contributed by atoms with E-state index < -0.39 is 0 Å². The molecule has 3 heterocycles. The molecule has 1 unspecified atom stereocenters. The summed E-state index contributed by atoms with van der Waals surface area (Å²) in [5, 5.41) is 10.8. The highest BCUT2D eigenvalue weighted by Gasteiger charge is 2.34. The highest BCUT2D eigenvalue weighted by Crippen LogP contribution is 2.28. The van der Waals surface area contributed by atoms with Gasteiger partial charge in [-0.15, -0.1) is 0 Å². The fourth-order valence-corrected chi connectivity index (χ4v) is 3.91. The van der Waals surface area contributed by atoms with Crippen LogP contribution in [0.2, 0.25) is 0 Å². The third-order valence-electron chi connectivity index (χ3n) is 5.72. The monoisotopic (exact) mass is 333 g/mol. The second-order valence-corrected chi connectivity index (χ2v) is 7.63. The summed E-state index contributed by atoms with van der Waals surface area (Å²) in [5.74, 6) is 1.24. The number of nitrogens with one attached hydrogen (secondary N) is 2. The topological polar surface area (TPSA) is 62.2 Å². The maximum atomic E-state index is 12.7. The van der Waals surface area contributed by atoms with Crippen molar-refractivity contribution in [3.05, 3.63) is 18.0 Å². The average molecular weight is 333 g/mol. The third kappa shape index (κ3) is 3.98. The average Bonchev–Trinajstić information content (AvgIpc) is 3.21. The Labute approximate surface area is 145 Å². The van der Waals surface area contributed by atoms with Crippen LogP contribution < -0.4 is 10.6 Å². The molecule has 24 heavy (non-hydrogen) atoms. The van der Waals surface area contributed by atoms with E-state index in [4.69, 9.17) is 0 Å². The summed E-state index contributed by atoms with van der Waals surface area (Å²) in [5.41, 5.74) is 1.15. The van der Waals surface area contributed by atoms with Crippen LogP contribution in [0.15, 0.2) is 12.4 Å². The second-order valence-electron chi connectivity index (χ2n) is 7.63. The molecule has 134 valence electrons. The fraction of sp³-hybridized carbons (Fsp3) is 0.778. The van der Waals surface area contributed by atoms with Crippen molar-refractivity contribution in [1.29, 1.82) is 0 Å². The van der Waals surface area contributed by atoms with E-state index in [1.165, 1.54) is 12.8 Å². The van der Waals surface area contributed by atoms with Crippen LogP contribution in [0.1, 0.15) is 38.2 Å². The Hall–Kier alpha value is -1.40. The molecule has 0 spiro atoms. The molecule has 3 atom stereocenters. The number of amides is 1. The molecule has 0 radical (unpaired) electrons. The van der Waals surface area contributed by atoms with Crippen LogP contribution in [-0.4, -0.2) is 59.4 Å². The number of carbonyl (C=O) groups excluding carboxylic acids is 1. The number of hydrogen-bond donors (Lipinski definition) is 2. The highest BCUT2D eigenvalue weighted by atomic mass is 16.1. The Morgan fingerprint density at radius 3 is 2.83 bits per heavy atom. The van der Waals surface area contributed by atoms with Crippen LogP contribution >= 0.6 is 0 Å². The van der Waals surface area contributed by atoms with Crippen LogP contribution in [-0.2, 0) is 11.8 Å².